The minimum absolute atomic E-state index is 0.153. The molecule has 0 atom stereocenters. The van der Waals surface area contributed by atoms with Crippen LogP contribution in [-0.2, 0) is 0 Å². The van der Waals surface area contributed by atoms with Crippen molar-refractivity contribution in [2.24, 2.45) is 0 Å². The van der Waals surface area contributed by atoms with Gasteiger partial charge in [0.2, 0.25) is 0 Å². The molecule has 0 aliphatic carbocycles. The molecule has 0 bridgehead atoms. The molecule has 0 unspecified atom stereocenters. The molecule has 0 aromatic carbocycles. The summed E-state index contributed by atoms with van der Waals surface area (Å²) >= 11 is 3.16. The van der Waals surface area contributed by atoms with Crippen molar-refractivity contribution in [3.05, 3.63) is 45.3 Å². The van der Waals surface area contributed by atoms with Crippen molar-refractivity contribution in [1.29, 1.82) is 0 Å². The summed E-state index contributed by atoms with van der Waals surface area (Å²) < 4.78 is 5.38. The van der Waals surface area contributed by atoms with E-state index in [9.17, 15) is 4.79 Å². The van der Waals surface area contributed by atoms with E-state index < -0.39 is 0 Å². The molecule has 4 heterocycles. The van der Waals surface area contributed by atoms with Crippen LogP contribution in [0.4, 0.5) is 0 Å². The van der Waals surface area contributed by atoms with Crippen LogP contribution in [0.2, 0.25) is 0 Å². The van der Waals surface area contributed by atoms with Gasteiger partial charge in [-0.15, -0.1) is 21.5 Å². The summed E-state index contributed by atoms with van der Waals surface area (Å²) in [6.45, 7) is 3.58. The molecule has 1 saturated heterocycles. The average molecular weight is 359 g/mol. The summed E-state index contributed by atoms with van der Waals surface area (Å²) in [5.41, 5.74) is 0. The van der Waals surface area contributed by atoms with Gasteiger partial charge >= 0.3 is 0 Å². The SMILES string of the molecule is Cc1ccc(C(=O)N2CCC(c3nnc(-c4ccco4)s3)CC2)s1. The smallest absolute Gasteiger partial charge is 0.263 e. The number of carbonyl (C=O) groups is 1. The van der Waals surface area contributed by atoms with Gasteiger partial charge < -0.3 is 9.32 Å². The second-order valence-electron chi connectivity index (χ2n) is 5.90. The summed E-state index contributed by atoms with van der Waals surface area (Å²) in [5, 5.41) is 10.4. The van der Waals surface area contributed by atoms with E-state index in [2.05, 4.69) is 10.2 Å². The molecule has 0 saturated carbocycles. The molecule has 3 aromatic rings. The summed E-state index contributed by atoms with van der Waals surface area (Å²) in [4.78, 5) is 16.5. The lowest BCUT2D eigenvalue weighted by Gasteiger charge is -2.30. The Morgan fingerprint density at radius 1 is 1.21 bits per heavy atom. The van der Waals surface area contributed by atoms with Gasteiger partial charge in [0.25, 0.3) is 5.91 Å². The van der Waals surface area contributed by atoms with Gasteiger partial charge in [0.1, 0.15) is 5.01 Å². The third kappa shape index (κ3) is 3.01. The number of thiophene rings is 1. The molecule has 5 nitrogen and oxygen atoms in total. The van der Waals surface area contributed by atoms with E-state index in [0.29, 0.717) is 5.92 Å². The topological polar surface area (TPSA) is 59.2 Å². The van der Waals surface area contributed by atoms with Crippen molar-refractivity contribution in [2.75, 3.05) is 13.1 Å². The Bertz CT molecular complexity index is 830. The van der Waals surface area contributed by atoms with Gasteiger partial charge in [-0.25, -0.2) is 0 Å². The number of hydrogen-bond donors (Lipinski definition) is 0. The monoisotopic (exact) mass is 359 g/mol. The van der Waals surface area contributed by atoms with Crippen molar-refractivity contribution in [3.8, 4) is 10.8 Å². The summed E-state index contributed by atoms with van der Waals surface area (Å²) in [7, 11) is 0. The Labute approximate surface area is 147 Å². The van der Waals surface area contributed by atoms with Crippen molar-refractivity contribution in [1.82, 2.24) is 15.1 Å². The van der Waals surface area contributed by atoms with E-state index in [4.69, 9.17) is 4.42 Å². The highest BCUT2D eigenvalue weighted by atomic mass is 32.1. The van der Waals surface area contributed by atoms with Crippen molar-refractivity contribution in [2.45, 2.75) is 25.7 Å². The summed E-state index contributed by atoms with van der Waals surface area (Å²) in [5.74, 6) is 1.29. The van der Waals surface area contributed by atoms with Gasteiger partial charge in [0.05, 0.1) is 11.1 Å². The molecule has 4 rings (SSSR count). The molecule has 1 amide bonds. The van der Waals surface area contributed by atoms with Crippen molar-refractivity contribution in [3.63, 3.8) is 0 Å². The van der Waals surface area contributed by atoms with E-state index in [-0.39, 0.29) is 5.91 Å². The van der Waals surface area contributed by atoms with Gasteiger partial charge in [-0.3, -0.25) is 4.79 Å². The lowest BCUT2D eigenvalue weighted by molar-refractivity contribution is 0.0718. The molecular formula is C17H17N3O2S2. The number of amides is 1. The fourth-order valence-electron chi connectivity index (χ4n) is 2.93. The van der Waals surface area contributed by atoms with E-state index >= 15 is 0 Å². The minimum Gasteiger partial charge on any atom is -0.462 e. The predicted molar refractivity (Wildman–Crippen MR) is 94.5 cm³/mol. The molecule has 3 aromatic heterocycles. The fourth-order valence-corrected chi connectivity index (χ4v) is 4.75. The van der Waals surface area contributed by atoms with Crippen LogP contribution >= 0.6 is 22.7 Å². The zero-order valence-electron chi connectivity index (χ0n) is 13.3. The van der Waals surface area contributed by atoms with Crippen LogP contribution in [0.3, 0.4) is 0 Å². The zero-order chi connectivity index (χ0) is 16.5. The Kier molecular flexibility index (Phi) is 4.20. The highest BCUT2D eigenvalue weighted by Crippen LogP contribution is 2.34. The molecule has 0 N–H and O–H groups in total. The maximum absolute atomic E-state index is 12.5. The van der Waals surface area contributed by atoms with E-state index in [1.165, 1.54) is 4.88 Å². The fraction of sp³-hybridized carbons (Fsp3) is 0.353. The van der Waals surface area contributed by atoms with Crippen LogP contribution in [0.15, 0.2) is 34.9 Å². The quantitative estimate of drug-likeness (QED) is 0.704. The van der Waals surface area contributed by atoms with Gasteiger partial charge in [-0.05, 0) is 44.0 Å². The first-order valence-electron chi connectivity index (χ1n) is 7.93. The van der Waals surface area contributed by atoms with E-state index in [1.807, 2.05) is 36.1 Å². The lowest BCUT2D eigenvalue weighted by Crippen LogP contribution is -2.37. The van der Waals surface area contributed by atoms with Crippen LogP contribution in [0.1, 0.15) is 38.3 Å². The van der Waals surface area contributed by atoms with Crippen molar-refractivity contribution < 1.29 is 9.21 Å². The Morgan fingerprint density at radius 3 is 2.71 bits per heavy atom. The van der Waals surface area contributed by atoms with Crippen molar-refractivity contribution >= 4 is 28.6 Å². The van der Waals surface area contributed by atoms with E-state index in [1.54, 1.807) is 28.9 Å². The Balaban J connectivity index is 1.40. The molecule has 1 fully saturated rings. The molecule has 0 radical (unpaired) electrons. The van der Waals surface area contributed by atoms with Gasteiger partial charge in [0, 0.05) is 23.9 Å². The number of carbonyl (C=O) groups excluding carboxylic acids is 1. The first kappa shape index (κ1) is 15.5. The molecular weight excluding hydrogens is 342 g/mol. The molecule has 1 aliphatic rings. The standard InChI is InChI=1S/C17H17N3O2S2/c1-11-4-5-14(23-11)17(21)20-8-6-12(7-9-20)15-18-19-16(24-15)13-3-2-10-22-13/h2-5,10,12H,6-9H2,1H3. The Morgan fingerprint density at radius 2 is 2.04 bits per heavy atom. The third-order valence-corrected chi connectivity index (χ3v) is 6.34. The Hall–Kier alpha value is -1.99. The first-order chi connectivity index (χ1) is 11.7. The normalized spacial score (nSPS) is 15.8. The number of piperidine rings is 1. The number of rotatable bonds is 3. The van der Waals surface area contributed by atoms with E-state index in [0.717, 1.165) is 46.6 Å². The highest BCUT2D eigenvalue weighted by molar-refractivity contribution is 7.14. The maximum atomic E-state index is 12.5. The average Bonchev–Trinajstić information content (AvgIpc) is 3.35. The van der Waals surface area contributed by atoms with Crippen LogP contribution in [-0.4, -0.2) is 34.1 Å². The summed E-state index contributed by atoms with van der Waals surface area (Å²) in [6, 6.07) is 7.68. The van der Waals surface area contributed by atoms with Gasteiger partial charge in [-0.1, -0.05) is 11.3 Å². The summed E-state index contributed by atoms with van der Waals surface area (Å²) in [6.07, 6.45) is 3.51. The molecule has 124 valence electrons. The van der Waals surface area contributed by atoms with Crippen LogP contribution < -0.4 is 0 Å². The number of likely N-dealkylation sites (tertiary alicyclic amines) is 1. The number of nitrogens with zero attached hydrogens (tertiary/aromatic N) is 3. The number of aromatic nitrogens is 2. The largest absolute Gasteiger partial charge is 0.462 e. The lowest BCUT2D eigenvalue weighted by atomic mass is 9.97. The zero-order valence-corrected chi connectivity index (χ0v) is 14.9. The first-order valence-corrected chi connectivity index (χ1v) is 9.57. The molecule has 24 heavy (non-hydrogen) atoms. The van der Waals surface area contributed by atoms with Gasteiger partial charge in [0.15, 0.2) is 10.8 Å². The minimum atomic E-state index is 0.153. The highest BCUT2D eigenvalue weighted by Gasteiger charge is 2.27. The molecule has 7 heteroatoms. The second kappa shape index (κ2) is 6.49. The van der Waals surface area contributed by atoms with Crippen LogP contribution in [0, 0.1) is 6.92 Å². The van der Waals surface area contributed by atoms with Gasteiger partial charge in [-0.2, -0.15) is 0 Å². The number of furan rings is 1. The van der Waals surface area contributed by atoms with Crippen LogP contribution in [0.25, 0.3) is 10.8 Å². The molecule has 0 spiro atoms. The third-order valence-electron chi connectivity index (χ3n) is 4.26. The predicted octanol–water partition coefficient (Wildman–Crippen LogP) is 4.19. The number of aryl methyl sites for hydroxylation is 1. The maximum Gasteiger partial charge on any atom is 0.263 e. The molecule has 1 aliphatic heterocycles. The van der Waals surface area contributed by atoms with Crippen LogP contribution in [0.5, 0.6) is 0 Å². The number of hydrogen-bond acceptors (Lipinski definition) is 6. The second-order valence-corrected chi connectivity index (χ2v) is 8.20.